The van der Waals surface area contributed by atoms with Crippen molar-refractivity contribution in [3.05, 3.63) is 120 Å². The summed E-state index contributed by atoms with van der Waals surface area (Å²) in [5.41, 5.74) is 9.07. The fraction of sp³-hybridized carbons (Fsp3) is 0.184. The zero-order valence-electron chi connectivity index (χ0n) is 24.6. The van der Waals surface area contributed by atoms with Crippen LogP contribution in [0.25, 0.3) is 43.9 Å². The minimum absolute atomic E-state index is 0.0942. The lowest BCUT2D eigenvalue weighted by atomic mass is 9.74. The van der Waals surface area contributed by atoms with Crippen molar-refractivity contribution in [3.63, 3.8) is 0 Å². The first-order chi connectivity index (χ1) is 21.6. The molecule has 1 spiro atoms. The van der Waals surface area contributed by atoms with Crippen LogP contribution in [0, 0.1) is 0 Å². The van der Waals surface area contributed by atoms with Crippen molar-refractivity contribution < 1.29 is 9.53 Å². The third kappa shape index (κ3) is 4.45. The second-order valence-electron chi connectivity index (χ2n) is 11.9. The van der Waals surface area contributed by atoms with Gasteiger partial charge in [0.05, 0.1) is 18.2 Å². The average Bonchev–Trinajstić information content (AvgIpc) is 3.44. The number of nitrogens with zero attached hydrogens (tertiary/aromatic N) is 3. The molecule has 0 atom stereocenters. The number of nitrogens with one attached hydrogen (secondary N) is 1. The van der Waals surface area contributed by atoms with Gasteiger partial charge in [0.1, 0.15) is 0 Å². The summed E-state index contributed by atoms with van der Waals surface area (Å²) in [5, 5.41) is 7.07. The van der Waals surface area contributed by atoms with E-state index in [0.29, 0.717) is 5.56 Å². The monoisotopic (exact) mass is 576 g/mol. The topological polar surface area (TPSA) is 67.3 Å². The highest BCUT2D eigenvalue weighted by Crippen LogP contribution is 2.46. The molecule has 2 aliphatic heterocycles. The molecular weight excluding hydrogens is 544 g/mol. The summed E-state index contributed by atoms with van der Waals surface area (Å²) in [6.07, 6.45) is 3.86. The number of hydrogen-bond donors (Lipinski definition) is 1. The number of hydrogen-bond acceptors (Lipinski definition) is 6. The van der Waals surface area contributed by atoms with Crippen molar-refractivity contribution >= 4 is 39.3 Å². The molecular formula is C38H32N4O2. The van der Waals surface area contributed by atoms with Gasteiger partial charge in [0.25, 0.3) is 0 Å². The zero-order valence-corrected chi connectivity index (χ0v) is 24.6. The minimum atomic E-state index is -0.358. The second kappa shape index (κ2) is 10.5. The summed E-state index contributed by atoms with van der Waals surface area (Å²) in [4.78, 5) is 23.7. The van der Waals surface area contributed by atoms with Crippen molar-refractivity contribution in [2.75, 3.05) is 37.0 Å². The number of fused-ring (bicyclic) bond motifs is 4. The van der Waals surface area contributed by atoms with E-state index in [-0.39, 0.29) is 11.4 Å². The molecule has 1 aromatic heterocycles. The third-order valence-electron chi connectivity index (χ3n) is 9.52. The quantitative estimate of drug-likeness (QED) is 0.216. The molecule has 0 aliphatic carbocycles. The number of piperidine rings is 1. The van der Waals surface area contributed by atoms with Gasteiger partial charge in [-0.2, -0.15) is 0 Å². The van der Waals surface area contributed by atoms with E-state index < -0.39 is 0 Å². The lowest BCUT2D eigenvalue weighted by Gasteiger charge is -2.39. The maximum absolute atomic E-state index is 11.9. The summed E-state index contributed by atoms with van der Waals surface area (Å²) in [7, 11) is 1.39. The van der Waals surface area contributed by atoms with Gasteiger partial charge in [-0.25, -0.2) is 14.8 Å². The van der Waals surface area contributed by atoms with Gasteiger partial charge < -0.3 is 15.0 Å². The van der Waals surface area contributed by atoms with Gasteiger partial charge >= 0.3 is 5.97 Å². The largest absolute Gasteiger partial charge is 0.465 e. The van der Waals surface area contributed by atoms with Crippen LogP contribution in [0.5, 0.6) is 0 Å². The molecule has 0 unspecified atom stereocenters. The maximum atomic E-state index is 11.9. The lowest BCUT2D eigenvalue weighted by molar-refractivity contribution is 0.0601. The Labute approximate surface area is 256 Å². The first-order valence-corrected chi connectivity index (χ1v) is 15.2. The highest BCUT2D eigenvalue weighted by Gasteiger charge is 2.42. The van der Waals surface area contributed by atoms with Gasteiger partial charge in [0.15, 0.2) is 0 Å². The molecule has 1 saturated heterocycles. The van der Waals surface area contributed by atoms with Crippen LogP contribution in [0.1, 0.15) is 28.8 Å². The Morgan fingerprint density at radius 3 is 2.43 bits per heavy atom. The highest BCUT2D eigenvalue weighted by atomic mass is 16.5. The van der Waals surface area contributed by atoms with Gasteiger partial charge in [-0.3, -0.25) is 0 Å². The number of carbonyl (C=O) groups excluding carboxylic acids is 1. The van der Waals surface area contributed by atoms with Gasteiger partial charge in [-0.05, 0) is 81.8 Å². The zero-order chi connectivity index (χ0) is 29.7. The molecule has 0 amide bonds. The second-order valence-corrected chi connectivity index (χ2v) is 11.9. The summed E-state index contributed by atoms with van der Waals surface area (Å²) in [5.74, 6) is 0.383. The van der Waals surface area contributed by atoms with E-state index in [1.807, 2.05) is 6.07 Å². The Hall–Kier alpha value is -5.23. The summed E-state index contributed by atoms with van der Waals surface area (Å²) >= 11 is 0. The Morgan fingerprint density at radius 1 is 0.818 bits per heavy atom. The average molecular weight is 577 g/mol. The fourth-order valence-corrected chi connectivity index (χ4v) is 7.00. The smallest absolute Gasteiger partial charge is 0.337 e. The first kappa shape index (κ1) is 26.4. The summed E-state index contributed by atoms with van der Waals surface area (Å²) in [6.45, 7) is 2.72. The Bertz CT molecular complexity index is 2040. The fourth-order valence-electron chi connectivity index (χ4n) is 7.00. The van der Waals surface area contributed by atoms with Gasteiger partial charge in [0, 0.05) is 42.3 Å². The van der Waals surface area contributed by atoms with Crippen LogP contribution in [-0.4, -0.2) is 42.7 Å². The van der Waals surface area contributed by atoms with Crippen LogP contribution in [0.15, 0.2) is 109 Å². The van der Waals surface area contributed by atoms with E-state index in [4.69, 9.17) is 9.72 Å². The molecule has 216 valence electrons. The molecule has 5 aromatic carbocycles. The van der Waals surface area contributed by atoms with E-state index in [1.165, 1.54) is 51.4 Å². The predicted molar refractivity (Wildman–Crippen MR) is 177 cm³/mol. The number of rotatable bonds is 4. The van der Waals surface area contributed by atoms with E-state index in [9.17, 15) is 4.79 Å². The molecule has 2 aliphatic rings. The van der Waals surface area contributed by atoms with Crippen LogP contribution in [-0.2, 0) is 10.2 Å². The Morgan fingerprint density at radius 2 is 1.59 bits per heavy atom. The number of anilines is 2. The van der Waals surface area contributed by atoms with Crippen molar-refractivity contribution in [1.82, 2.24) is 9.97 Å². The summed E-state index contributed by atoms with van der Waals surface area (Å²) in [6, 6.07) is 36.4. The SMILES string of the molecule is COC(=O)c1ccc2nc(N3CCC4(CC3)CNc3ccc(-c5ccc(-c6cccc7ccccc67)cc5)cc34)ncc2c1. The number of ether oxygens (including phenoxy) is 1. The molecule has 0 bridgehead atoms. The Kier molecular flexibility index (Phi) is 6.29. The molecule has 3 heterocycles. The number of benzene rings is 5. The molecule has 0 saturated carbocycles. The van der Waals surface area contributed by atoms with Crippen LogP contribution < -0.4 is 10.2 Å². The number of aromatic nitrogens is 2. The van der Waals surface area contributed by atoms with Crippen molar-refractivity contribution in [2.24, 2.45) is 0 Å². The normalized spacial score (nSPS) is 15.3. The van der Waals surface area contributed by atoms with E-state index in [2.05, 4.69) is 100 Å². The maximum Gasteiger partial charge on any atom is 0.337 e. The summed E-state index contributed by atoms with van der Waals surface area (Å²) < 4.78 is 4.85. The number of methoxy groups -OCH3 is 1. The van der Waals surface area contributed by atoms with Crippen LogP contribution in [0.2, 0.25) is 0 Å². The van der Waals surface area contributed by atoms with Crippen LogP contribution >= 0.6 is 0 Å². The predicted octanol–water partition coefficient (Wildman–Crippen LogP) is 7.87. The molecule has 6 aromatic rings. The van der Waals surface area contributed by atoms with Crippen molar-refractivity contribution in [3.8, 4) is 22.3 Å². The van der Waals surface area contributed by atoms with Crippen molar-refractivity contribution in [1.29, 1.82) is 0 Å². The van der Waals surface area contributed by atoms with Gasteiger partial charge in [0.2, 0.25) is 5.95 Å². The molecule has 0 radical (unpaired) electrons. The number of esters is 1. The lowest BCUT2D eigenvalue weighted by Crippen LogP contribution is -2.44. The number of carbonyl (C=O) groups is 1. The molecule has 1 N–H and O–H groups in total. The minimum Gasteiger partial charge on any atom is -0.465 e. The van der Waals surface area contributed by atoms with Crippen LogP contribution in [0.4, 0.5) is 11.6 Å². The highest BCUT2D eigenvalue weighted by molar-refractivity contribution is 5.97. The standard InChI is InChI=1S/C38H32N4O2/c1-44-36(43)29-14-15-34-30(21-29)23-39-37(41-34)42-19-17-38(18-20-42)24-40-35-16-13-28(22-33(35)38)25-9-11-27(12-10-25)32-8-4-6-26-5-2-3-7-31(26)32/h2-16,21-23,40H,17-20,24H2,1H3. The molecule has 6 nitrogen and oxygen atoms in total. The molecule has 6 heteroatoms. The van der Waals surface area contributed by atoms with Crippen LogP contribution in [0.3, 0.4) is 0 Å². The molecule has 1 fully saturated rings. The first-order valence-electron chi connectivity index (χ1n) is 15.2. The Balaban J connectivity index is 1.02. The molecule has 8 rings (SSSR count). The van der Waals surface area contributed by atoms with E-state index in [1.54, 1.807) is 18.3 Å². The van der Waals surface area contributed by atoms with E-state index in [0.717, 1.165) is 49.3 Å². The van der Waals surface area contributed by atoms with Crippen molar-refractivity contribution in [2.45, 2.75) is 18.3 Å². The molecule has 44 heavy (non-hydrogen) atoms. The van der Waals surface area contributed by atoms with E-state index >= 15 is 0 Å². The van der Waals surface area contributed by atoms with Gasteiger partial charge in [-0.1, -0.05) is 72.8 Å². The third-order valence-corrected chi connectivity index (χ3v) is 9.52. The van der Waals surface area contributed by atoms with Gasteiger partial charge in [-0.15, -0.1) is 0 Å².